The highest BCUT2D eigenvalue weighted by Crippen LogP contribution is 2.25. The number of nitrogens with one attached hydrogen (secondary N) is 1. The van der Waals surface area contributed by atoms with Gasteiger partial charge in [-0.2, -0.15) is 0 Å². The van der Waals surface area contributed by atoms with Crippen LogP contribution in [0, 0.1) is 0 Å². The lowest BCUT2D eigenvalue weighted by atomic mass is 10.2. The van der Waals surface area contributed by atoms with E-state index in [1.54, 1.807) is 48.5 Å². The quantitative estimate of drug-likeness (QED) is 0.509. The lowest BCUT2D eigenvalue weighted by Crippen LogP contribution is -2.28. The van der Waals surface area contributed by atoms with Crippen molar-refractivity contribution >= 4 is 33.2 Å². The molecule has 0 spiro atoms. The van der Waals surface area contributed by atoms with Gasteiger partial charge in [0.2, 0.25) is 0 Å². The van der Waals surface area contributed by atoms with Crippen LogP contribution in [0.25, 0.3) is 0 Å². The zero-order valence-corrected chi connectivity index (χ0v) is 19.2. The van der Waals surface area contributed by atoms with Crippen LogP contribution in [0.1, 0.15) is 5.56 Å². The molecule has 0 heterocycles. The minimum absolute atomic E-state index is 0.150. The topological polar surface area (TPSA) is 84.9 Å². The normalized spacial score (nSPS) is 11.0. The Morgan fingerprint density at radius 2 is 1.66 bits per heavy atom. The van der Waals surface area contributed by atoms with Gasteiger partial charge in [-0.3, -0.25) is 9.10 Å². The monoisotopic (exact) mass is 474 g/mol. The molecule has 0 aliphatic rings. The maximum atomic E-state index is 12.8. The smallest absolute Gasteiger partial charge is 0.264 e. The van der Waals surface area contributed by atoms with E-state index in [-0.39, 0.29) is 17.4 Å². The van der Waals surface area contributed by atoms with Crippen molar-refractivity contribution in [1.82, 2.24) is 5.32 Å². The molecule has 0 radical (unpaired) electrons. The lowest BCUT2D eigenvalue weighted by Gasteiger charge is -2.20. The zero-order valence-electron chi connectivity index (χ0n) is 17.6. The van der Waals surface area contributed by atoms with Crippen LogP contribution in [-0.4, -0.2) is 35.1 Å². The highest BCUT2D eigenvalue weighted by Gasteiger charge is 2.21. The molecule has 0 fully saturated rings. The number of amides is 1. The molecule has 0 saturated heterocycles. The number of methoxy groups -OCH3 is 1. The lowest BCUT2D eigenvalue weighted by molar-refractivity contribution is -0.123. The average molecular weight is 475 g/mol. The Hall–Kier alpha value is -3.23. The third kappa shape index (κ3) is 5.93. The predicted octanol–water partition coefficient (Wildman–Crippen LogP) is 3.87. The maximum Gasteiger partial charge on any atom is 0.264 e. The van der Waals surface area contributed by atoms with E-state index in [0.717, 1.165) is 5.56 Å². The van der Waals surface area contributed by atoms with Crippen molar-refractivity contribution in [1.29, 1.82) is 0 Å². The Balaban J connectivity index is 1.56. The van der Waals surface area contributed by atoms with Crippen LogP contribution >= 0.6 is 11.6 Å². The van der Waals surface area contributed by atoms with E-state index >= 15 is 0 Å². The fourth-order valence-electron chi connectivity index (χ4n) is 2.84. The van der Waals surface area contributed by atoms with Crippen LogP contribution in [0.4, 0.5) is 5.69 Å². The molecule has 1 amide bonds. The first-order chi connectivity index (χ1) is 15.3. The van der Waals surface area contributed by atoms with Crippen LogP contribution in [0.2, 0.25) is 5.02 Å². The van der Waals surface area contributed by atoms with Crippen molar-refractivity contribution in [2.45, 2.75) is 11.4 Å². The summed E-state index contributed by atoms with van der Waals surface area (Å²) in [7, 11) is -0.742. The third-order valence-electron chi connectivity index (χ3n) is 4.67. The second kappa shape index (κ2) is 10.4. The molecule has 7 nitrogen and oxygen atoms in total. The van der Waals surface area contributed by atoms with E-state index < -0.39 is 10.0 Å². The van der Waals surface area contributed by atoms with E-state index in [1.165, 1.54) is 30.6 Å². The Kier molecular flexibility index (Phi) is 7.61. The minimum atomic E-state index is -3.73. The third-order valence-corrected chi connectivity index (χ3v) is 6.70. The zero-order chi connectivity index (χ0) is 23.1. The van der Waals surface area contributed by atoms with Gasteiger partial charge >= 0.3 is 0 Å². The number of hydrogen-bond donors (Lipinski definition) is 1. The van der Waals surface area contributed by atoms with Crippen molar-refractivity contribution < 1.29 is 22.7 Å². The predicted molar refractivity (Wildman–Crippen MR) is 124 cm³/mol. The summed E-state index contributed by atoms with van der Waals surface area (Å²) in [6, 6.07) is 19.8. The van der Waals surface area contributed by atoms with Crippen molar-refractivity contribution in [3.63, 3.8) is 0 Å². The van der Waals surface area contributed by atoms with E-state index in [4.69, 9.17) is 21.1 Å². The van der Waals surface area contributed by atoms with Crippen molar-refractivity contribution in [3.8, 4) is 11.5 Å². The van der Waals surface area contributed by atoms with Gasteiger partial charge in [0.15, 0.2) is 6.61 Å². The second-order valence-electron chi connectivity index (χ2n) is 6.84. The molecule has 0 saturated carbocycles. The molecule has 0 bridgehead atoms. The van der Waals surface area contributed by atoms with Crippen LogP contribution in [0.5, 0.6) is 11.5 Å². The van der Waals surface area contributed by atoms with Crippen LogP contribution in [0.3, 0.4) is 0 Å². The molecule has 9 heteroatoms. The number of sulfonamides is 1. The van der Waals surface area contributed by atoms with Gasteiger partial charge in [0.25, 0.3) is 15.9 Å². The molecule has 0 aliphatic heterocycles. The largest absolute Gasteiger partial charge is 0.497 e. The molecule has 3 aromatic carbocycles. The summed E-state index contributed by atoms with van der Waals surface area (Å²) in [4.78, 5) is 12.2. The van der Waals surface area contributed by atoms with Crippen molar-refractivity contribution in [2.75, 3.05) is 25.1 Å². The number of rotatable bonds is 9. The van der Waals surface area contributed by atoms with Crippen LogP contribution in [-0.2, 0) is 21.4 Å². The van der Waals surface area contributed by atoms with Crippen molar-refractivity contribution in [2.24, 2.45) is 0 Å². The van der Waals surface area contributed by atoms with Crippen LogP contribution in [0.15, 0.2) is 77.7 Å². The number of carbonyl (C=O) groups excluding carboxylic acids is 1. The number of hydrogen-bond acceptors (Lipinski definition) is 5. The van der Waals surface area contributed by atoms with E-state index in [1.807, 2.05) is 12.1 Å². The first kappa shape index (κ1) is 23.4. The van der Waals surface area contributed by atoms with Gasteiger partial charge in [-0.1, -0.05) is 23.7 Å². The minimum Gasteiger partial charge on any atom is -0.497 e. The molecular weight excluding hydrogens is 452 g/mol. The molecule has 3 aromatic rings. The Bertz CT molecular complexity index is 1170. The Labute approximate surface area is 192 Å². The van der Waals surface area contributed by atoms with E-state index in [9.17, 15) is 13.2 Å². The highest BCUT2D eigenvalue weighted by atomic mass is 35.5. The van der Waals surface area contributed by atoms with Gasteiger partial charge < -0.3 is 14.8 Å². The summed E-state index contributed by atoms with van der Waals surface area (Å²) in [6.45, 7) is 0.176. The standard InChI is InChI=1S/C23H23ClN2O5S/c1-26(32(28,29)22-12-10-20(30-2)11-13-22)19-6-8-21(9-7-19)31-16-23(27)25-15-17-4-3-5-18(24)14-17/h3-14H,15-16H2,1-2H3,(H,25,27). The summed E-state index contributed by atoms with van der Waals surface area (Å²) < 4.78 is 37.4. The molecule has 0 aromatic heterocycles. The Morgan fingerprint density at radius 1 is 1.00 bits per heavy atom. The summed E-state index contributed by atoms with van der Waals surface area (Å²) in [5, 5.41) is 3.36. The second-order valence-corrected chi connectivity index (χ2v) is 9.24. The van der Waals surface area contributed by atoms with Gasteiger partial charge in [0.1, 0.15) is 11.5 Å². The maximum absolute atomic E-state index is 12.8. The molecule has 168 valence electrons. The number of anilines is 1. The number of benzene rings is 3. The highest BCUT2D eigenvalue weighted by molar-refractivity contribution is 7.92. The molecule has 0 unspecified atom stereocenters. The number of halogens is 1. The number of carbonyl (C=O) groups is 1. The van der Waals surface area contributed by atoms with Gasteiger partial charge in [0, 0.05) is 18.6 Å². The van der Waals surface area contributed by atoms with Gasteiger partial charge in [-0.15, -0.1) is 0 Å². The number of nitrogens with zero attached hydrogens (tertiary/aromatic N) is 1. The average Bonchev–Trinajstić information content (AvgIpc) is 2.81. The molecule has 1 N–H and O–H groups in total. The summed E-state index contributed by atoms with van der Waals surface area (Å²) >= 11 is 5.93. The number of ether oxygens (including phenoxy) is 2. The summed E-state index contributed by atoms with van der Waals surface area (Å²) in [6.07, 6.45) is 0. The SMILES string of the molecule is COc1ccc(S(=O)(=O)N(C)c2ccc(OCC(=O)NCc3cccc(Cl)c3)cc2)cc1. The molecule has 0 atom stereocenters. The fourth-order valence-corrected chi connectivity index (χ4v) is 4.25. The van der Waals surface area contributed by atoms with Crippen molar-refractivity contribution in [3.05, 3.63) is 83.4 Å². The Morgan fingerprint density at radius 3 is 2.28 bits per heavy atom. The fraction of sp³-hybridized carbons (Fsp3) is 0.174. The first-order valence-electron chi connectivity index (χ1n) is 9.66. The summed E-state index contributed by atoms with van der Waals surface area (Å²) in [5.41, 5.74) is 1.34. The molecule has 0 aliphatic carbocycles. The summed E-state index contributed by atoms with van der Waals surface area (Å²) in [5.74, 6) is 0.736. The van der Waals surface area contributed by atoms with Gasteiger partial charge in [-0.25, -0.2) is 8.42 Å². The van der Waals surface area contributed by atoms with Crippen LogP contribution < -0.4 is 19.1 Å². The molecular formula is C23H23ClN2O5S. The molecule has 32 heavy (non-hydrogen) atoms. The van der Waals surface area contributed by atoms with E-state index in [0.29, 0.717) is 28.8 Å². The van der Waals surface area contributed by atoms with Gasteiger partial charge in [0.05, 0.1) is 17.7 Å². The first-order valence-corrected chi connectivity index (χ1v) is 11.5. The van der Waals surface area contributed by atoms with E-state index in [2.05, 4.69) is 5.32 Å². The molecule has 3 rings (SSSR count). The van der Waals surface area contributed by atoms with Gasteiger partial charge in [-0.05, 0) is 66.2 Å².